The smallest absolute Gasteiger partial charge is 1.00 e. The van der Waals surface area contributed by atoms with Crippen LogP contribution in [0.1, 0.15) is 2.85 Å². The van der Waals surface area contributed by atoms with Crippen molar-refractivity contribution in [3.8, 4) is 0 Å². The van der Waals surface area contributed by atoms with Gasteiger partial charge in [0.1, 0.15) is 0 Å². The third kappa shape index (κ3) is 40.1. The van der Waals surface area contributed by atoms with E-state index >= 15 is 0 Å². The molecule has 0 unspecified atom stereocenters. The summed E-state index contributed by atoms with van der Waals surface area (Å²) in [5.74, 6) is 0. The van der Waals surface area contributed by atoms with E-state index in [0.717, 1.165) is 0 Å². The van der Waals surface area contributed by atoms with Gasteiger partial charge in [-0.2, -0.15) is 0 Å². The second kappa shape index (κ2) is 8.84. The molecule has 0 radical (unpaired) electrons. The van der Waals surface area contributed by atoms with Crippen LogP contribution >= 0.6 is 0 Å². The predicted molar refractivity (Wildman–Crippen MR) is 20.4 cm³/mol. The van der Waals surface area contributed by atoms with Crippen molar-refractivity contribution >= 4 is 10.1 Å². The maximum atomic E-state index is 8.36. The van der Waals surface area contributed by atoms with E-state index < -0.39 is 5.09 Å². The van der Waals surface area contributed by atoms with Gasteiger partial charge in [-0.15, -0.1) is 10.1 Å². The molecule has 0 saturated heterocycles. The minimum Gasteiger partial charge on any atom is -1.00 e. The molecule has 0 heterocycles. The maximum absolute atomic E-state index is 8.36. The van der Waals surface area contributed by atoms with E-state index in [1.54, 1.807) is 0 Å². The summed E-state index contributed by atoms with van der Waals surface area (Å²) in [4.78, 5) is 8.36. The molecule has 0 aliphatic carbocycles. The second-order valence-electron chi connectivity index (χ2n) is 0.238. The van der Waals surface area contributed by atoms with E-state index in [-0.39, 0.29) is 18.5 Å². The van der Waals surface area contributed by atoms with Crippen molar-refractivity contribution in [2.24, 2.45) is 0 Å². The van der Waals surface area contributed by atoms with Crippen LogP contribution in [0.2, 0.25) is 0 Å². The van der Waals surface area contributed by atoms with Gasteiger partial charge in [0.2, 0.25) is 0 Å². The summed E-state index contributed by atoms with van der Waals surface area (Å²) in [5.41, 5.74) is 0. The minimum absolute atomic E-state index is 0. The van der Waals surface area contributed by atoms with Crippen LogP contribution in [-0.4, -0.2) is 25.9 Å². The summed E-state index contributed by atoms with van der Waals surface area (Å²) < 4.78 is 0. The fourth-order valence-electron chi connectivity index (χ4n) is 0. The van der Waals surface area contributed by atoms with Gasteiger partial charge in [-0.3, -0.25) is 0 Å². The van der Waals surface area contributed by atoms with Gasteiger partial charge in [0.15, 0.2) is 0 Å². The van der Waals surface area contributed by atoms with E-state index in [9.17, 15) is 0 Å². The van der Waals surface area contributed by atoms with Gasteiger partial charge < -0.3 is 13.5 Å². The Morgan fingerprint density at radius 2 is 1.83 bits per heavy atom. The van der Waals surface area contributed by atoms with Crippen molar-refractivity contribution in [3.63, 3.8) is 0 Å². The van der Waals surface area contributed by atoms with Crippen molar-refractivity contribution in [3.05, 3.63) is 10.1 Å². The average molecular weight is 92.1 g/mol. The van der Waals surface area contributed by atoms with Crippen molar-refractivity contribution in [1.82, 2.24) is 0 Å². The molecule has 6 heavy (non-hydrogen) atoms. The fourth-order valence-corrected chi connectivity index (χ4v) is 0. The summed E-state index contributed by atoms with van der Waals surface area (Å²) in [5, 5.41) is 13.6. The Balaban J connectivity index is -0.00000000750. The molecule has 36 valence electrons. The predicted octanol–water partition coefficient (Wildman–Crippen LogP) is -1.33. The first-order chi connectivity index (χ1) is 1.73. The van der Waals surface area contributed by atoms with Crippen LogP contribution in [0.5, 0.6) is 0 Å². The quantitative estimate of drug-likeness (QED) is 0.228. The van der Waals surface area contributed by atoms with Gasteiger partial charge in [-0.25, -0.2) is 0 Å². The number of rotatable bonds is 0. The molecule has 0 aliphatic rings. The third-order valence-corrected chi connectivity index (χ3v) is 0. The molecule has 0 atom stereocenters. The summed E-state index contributed by atoms with van der Waals surface area (Å²) in [6.45, 7) is 0. The van der Waals surface area contributed by atoms with E-state index in [4.69, 9.17) is 15.3 Å². The van der Waals surface area contributed by atoms with Crippen LogP contribution < -0.4 is 0 Å². The summed E-state index contributed by atoms with van der Waals surface area (Å²) >= 11 is 0. The number of nitrogens with zero attached hydrogens (tertiary/aromatic N) is 1. The fraction of sp³-hybridized carbons (Fsp3) is 0. The zero-order valence-electron chi connectivity index (χ0n) is 4.92. The number of hydrogen-bond donors (Lipinski definition) is 1. The molecule has 0 rings (SSSR count). The summed E-state index contributed by atoms with van der Waals surface area (Å²) in [7, 11) is 0. The normalized spacial score (nSPS) is 4.00. The van der Waals surface area contributed by atoms with Crippen LogP contribution in [0.15, 0.2) is 0 Å². The Labute approximate surface area is 40.2 Å². The molecule has 0 aliphatic heterocycles. The molecule has 0 bridgehead atoms. The first kappa shape index (κ1) is 18.4. The minimum atomic E-state index is -1.50. The number of hydrogen-bond acceptors (Lipinski definition) is 2. The molecule has 3 N–H and O–H groups in total. The molecule has 0 saturated carbocycles. The van der Waals surface area contributed by atoms with Gasteiger partial charge in [0, 0.05) is 0 Å². The van der Waals surface area contributed by atoms with Crippen molar-refractivity contribution in [1.29, 1.82) is 0 Å². The van der Waals surface area contributed by atoms with Crippen LogP contribution in [0, 0.1) is 10.1 Å². The molecule has 0 aromatic carbocycles. The largest absolute Gasteiger partial charge is 2.00 e. The van der Waals surface area contributed by atoms with Gasteiger partial charge in [0.25, 0.3) is 5.09 Å². The van der Waals surface area contributed by atoms with Crippen molar-refractivity contribution in [2.45, 2.75) is 0 Å². The maximum Gasteiger partial charge on any atom is 2.00 e. The van der Waals surface area contributed by atoms with Crippen molar-refractivity contribution in [2.75, 3.05) is 0 Å². The van der Waals surface area contributed by atoms with Crippen LogP contribution in [0.3, 0.4) is 0 Å². The SMILES string of the molecule is O.O=[N+]([O-])O.[Be+2].[H-].[H-]. The molecule has 5 nitrogen and oxygen atoms in total. The van der Waals surface area contributed by atoms with Crippen LogP contribution in [-0.2, 0) is 0 Å². The molecule has 0 fully saturated rings. The van der Waals surface area contributed by atoms with Gasteiger partial charge in [0.05, 0.1) is 0 Å². The summed E-state index contributed by atoms with van der Waals surface area (Å²) in [6.07, 6.45) is 0. The zero-order chi connectivity index (χ0) is 3.58. The first-order valence-corrected chi connectivity index (χ1v) is 0.565. The topological polar surface area (TPSA) is 94.9 Å². The molecule has 0 spiro atoms. The Morgan fingerprint density at radius 3 is 1.83 bits per heavy atom. The first-order valence-electron chi connectivity index (χ1n) is 0.565. The Morgan fingerprint density at radius 1 is 1.83 bits per heavy atom. The van der Waals surface area contributed by atoms with E-state index in [1.165, 1.54) is 0 Å². The van der Waals surface area contributed by atoms with E-state index in [0.29, 0.717) is 0 Å². The summed E-state index contributed by atoms with van der Waals surface area (Å²) in [6, 6.07) is 0. The molecular weight excluding hydrogens is 87.0 g/mol. The van der Waals surface area contributed by atoms with E-state index in [2.05, 4.69) is 0 Å². The van der Waals surface area contributed by atoms with E-state index in [1.807, 2.05) is 0 Å². The van der Waals surface area contributed by atoms with Crippen molar-refractivity contribution < 1.29 is 18.6 Å². The Kier molecular flexibility index (Phi) is 27.1. The van der Waals surface area contributed by atoms with Gasteiger partial charge >= 0.3 is 10.1 Å². The van der Waals surface area contributed by atoms with Gasteiger partial charge in [-0.1, -0.05) is 0 Å². The zero-order valence-corrected chi connectivity index (χ0v) is 2.92. The molecular formula is H5BeNO4. The van der Waals surface area contributed by atoms with Crippen LogP contribution in [0.25, 0.3) is 0 Å². The monoisotopic (exact) mass is 92.0 g/mol. The average Bonchev–Trinajstić information content (AvgIpc) is 0.811. The molecule has 6 heteroatoms. The molecule has 0 aromatic heterocycles. The molecule has 0 aromatic rings. The van der Waals surface area contributed by atoms with Gasteiger partial charge in [-0.05, 0) is 0 Å². The Hall–Kier alpha value is -0.671. The Bertz CT molecular complexity index is 37.0. The van der Waals surface area contributed by atoms with Crippen LogP contribution in [0.4, 0.5) is 0 Å². The third-order valence-electron chi connectivity index (χ3n) is 0. The molecule has 0 amide bonds. The standard InChI is InChI=1S/Be.HNO3.H2O.2H/c;2-1(3)4;;;/h;(H,2,3,4);1H2;;/q+2;;;2*-1. The second-order valence-corrected chi connectivity index (χ2v) is 0.238.